The van der Waals surface area contributed by atoms with Crippen LogP contribution in [0.5, 0.6) is 5.75 Å². The molecule has 0 saturated carbocycles. The molecule has 6 nitrogen and oxygen atoms in total. The standard InChI is InChI=1S/C21H28N2O4S/c1-15(2)27-20-12-8-18(9-13-20)14-22-21(24)17(4)23(28(5,25)26)19-10-6-16(3)7-11-19/h6-13,15,17H,14H2,1-5H3,(H,22,24)/t17-/m1/s1. The van der Waals surface area contributed by atoms with Crippen molar-refractivity contribution in [2.45, 2.75) is 46.4 Å². The molecule has 0 unspecified atom stereocenters. The predicted molar refractivity (Wildman–Crippen MR) is 112 cm³/mol. The molecule has 0 aliphatic rings. The lowest BCUT2D eigenvalue weighted by Gasteiger charge is -2.28. The number of benzene rings is 2. The second kappa shape index (κ2) is 9.10. The van der Waals surface area contributed by atoms with E-state index in [1.165, 1.54) is 0 Å². The molecule has 0 aliphatic carbocycles. The fourth-order valence-electron chi connectivity index (χ4n) is 2.80. The summed E-state index contributed by atoms with van der Waals surface area (Å²) in [7, 11) is -3.62. The van der Waals surface area contributed by atoms with E-state index in [1.54, 1.807) is 19.1 Å². The molecule has 152 valence electrons. The van der Waals surface area contributed by atoms with Gasteiger partial charge in [-0.3, -0.25) is 9.10 Å². The highest BCUT2D eigenvalue weighted by Crippen LogP contribution is 2.21. The van der Waals surface area contributed by atoms with Gasteiger partial charge in [0.1, 0.15) is 11.8 Å². The van der Waals surface area contributed by atoms with Crippen molar-refractivity contribution < 1.29 is 17.9 Å². The molecule has 0 aliphatic heterocycles. The Morgan fingerprint density at radius 1 is 1.04 bits per heavy atom. The normalized spacial score (nSPS) is 12.5. The number of rotatable bonds is 8. The van der Waals surface area contributed by atoms with E-state index in [0.717, 1.165) is 27.4 Å². The molecule has 1 atom stereocenters. The van der Waals surface area contributed by atoms with Crippen LogP contribution < -0.4 is 14.4 Å². The maximum absolute atomic E-state index is 12.6. The van der Waals surface area contributed by atoms with Gasteiger partial charge in [0.15, 0.2) is 0 Å². The van der Waals surface area contributed by atoms with Crippen molar-refractivity contribution >= 4 is 21.6 Å². The van der Waals surface area contributed by atoms with Gasteiger partial charge in [-0.15, -0.1) is 0 Å². The average Bonchev–Trinajstić information content (AvgIpc) is 2.61. The van der Waals surface area contributed by atoms with Crippen LogP contribution in [0.3, 0.4) is 0 Å². The molecule has 0 spiro atoms. The lowest BCUT2D eigenvalue weighted by molar-refractivity contribution is -0.122. The first-order chi connectivity index (χ1) is 13.1. The SMILES string of the molecule is Cc1ccc(N([C@H](C)C(=O)NCc2ccc(OC(C)C)cc2)S(C)(=O)=O)cc1. The van der Waals surface area contributed by atoms with Crippen molar-refractivity contribution in [3.63, 3.8) is 0 Å². The monoisotopic (exact) mass is 404 g/mol. The molecule has 0 radical (unpaired) electrons. The van der Waals surface area contributed by atoms with E-state index >= 15 is 0 Å². The highest BCUT2D eigenvalue weighted by atomic mass is 32.2. The van der Waals surface area contributed by atoms with Gasteiger partial charge < -0.3 is 10.1 Å². The molecular weight excluding hydrogens is 376 g/mol. The van der Waals surface area contributed by atoms with Crippen LogP contribution in [0.15, 0.2) is 48.5 Å². The van der Waals surface area contributed by atoms with Crippen molar-refractivity contribution in [3.05, 3.63) is 59.7 Å². The third-order valence-electron chi connectivity index (χ3n) is 4.14. The number of nitrogens with one attached hydrogen (secondary N) is 1. The number of anilines is 1. The zero-order valence-corrected chi connectivity index (χ0v) is 17.8. The molecule has 0 saturated heterocycles. The number of sulfonamides is 1. The summed E-state index contributed by atoms with van der Waals surface area (Å²) in [5.74, 6) is 0.398. The third kappa shape index (κ3) is 5.99. The molecule has 0 fully saturated rings. The predicted octanol–water partition coefficient (Wildman–Crippen LogP) is 3.25. The van der Waals surface area contributed by atoms with Gasteiger partial charge >= 0.3 is 0 Å². The molecule has 0 bridgehead atoms. The van der Waals surface area contributed by atoms with E-state index in [2.05, 4.69) is 5.32 Å². The number of aryl methyl sites for hydroxylation is 1. The van der Waals surface area contributed by atoms with Gasteiger partial charge in [-0.1, -0.05) is 29.8 Å². The molecule has 1 N–H and O–H groups in total. The summed E-state index contributed by atoms with van der Waals surface area (Å²) >= 11 is 0. The van der Waals surface area contributed by atoms with Crippen molar-refractivity contribution in [3.8, 4) is 5.75 Å². The lowest BCUT2D eigenvalue weighted by atomic mass is 10.2. The Labute approximate surface area is 167 Å². The lowest BCUT2D eigenvalue weighted by Crippen LogP contribution is -2.47. The maximum Gasteiger partial charge on any atom is 0.243 e. The summed E-state index contributed by atoms with van der Waals surface area (Å²) in [6.07, 6.45) is 1.19. The molecule has 2 rings (SSSR count). The van der Waals surface area contributed by atoms with Gasteiger partial charge in [0.2, 0.25) is 15.9 Å². The minimum Gasteiger partial charge on any atom is -0.491 e. The Morgan fingerprint density at radius 3 is 2.11 bits per heavy atom. The van der Waals surface area contributed by atoms with Crippen LogP contribution >= 0.6 is 0 Å². The first-order valence-corrected chi connectivity index (χ1v) is 11.0. The molecule has 1 amide bonds. The summed E-state index contributed by atoms with van der Waals surface area (Å²) < 4.78 is 31.3. The Hall–Kier alpha value is -2.54. The van der Waals surface area contributed by atoms with Gasteiger partial charge in [0.25, 0.3) is 0 Å². The Balaban J connectivity index is 2.07. The number of ether oxygens (including phenoxy) is 1. The summed E-state index contributed by atoms with van der Waals surface area (Å²) in [5, 5.41) is 2.81. The Bertz CT molecular complexity index is 891. The Morgan fingerprint density at radius 2 is 1.61 bits per heavy atom. The second-order valence-electron chi connectivity index (χ2n) is 7.10. The second-order valence-corrected chi connectivity index (χ2v) is 8.96. The van der Waals surface area contributed by atoms with Crippen LogP contribution in [-0.2, 0) is 21.4 Å². The van der Waals surface area contributed by atoms with Crippen molar-refractivity contribution in [2.24, 2.45) is 0 Å². The van der Waals surface area contributed by atoms with Crippen LogP contribution in [0.25, 0.3) is 0 Å². The largest absolute Gasteiger partial charge is 0.491 e. The zero-order valence-electron chi connectivity index (χ0n) is 17.0. The van der Waals surface area contributed by atoms with Gasteiger partial charge in [-0.25, -0.2) is 8.42 Å². The van der Waals surface area contributed by atoms with E-state index in [0.29, 0.717) is 12.2 Å². The first-order valence-electron chi connectivity index (χ1n) is 9.17. The maximum atomic E-state index is 12.6. The minimum absolute atomic E-state index is 0.0927. The molecular formula is C21H28N2O4S. The number of amides is 1. The van der Waals surface area contributed by atoms with Gasteiger partial charge in [-0.2, -0.15) is 0 Å². The van der Waals surface area contributed by atoms with Crippen LogP contribution in [0.2, 0.25) is 0 Å². The molecule has 0 heterocycles. The van der Waals surface area contributed by atoms with Crippen molar-refractivity contribution in [1.82, 2.24) is 5.32 Å². The van der Waals surface area contributed by atoms with Crippen LogP contribution in [0.4, 0.5) is 5.69 Å². The van der Waals surface area contributed by atoms with E-state index in [9.17, 15) is 13.2 Å². The summed E-state index contributed by atoms with van der Waals surface area (Å²) in [6, 6.07) is 13.6. The van der Waals surface area contributed by atoms with Crippen LogP contribution in [0.1, 0.15) is 31.9 Å². The molecule has 28 heavy (non-hydrogen) atoms. The molecule has 2 aromatic rings. The average molecular weight is 405 g/mol. The molecule has 7 heteroatoms. The number of nitrogens with zero attached hydrogens (tertiary/aromatic N) is 1. The number of carbonyl (C=O) groups excluding carboxylic acids is 1. The number of carbonyl (C=O) groups is 1. The summed E-state index contributed by atoms with van der Waals surface area (Å²) in [6.45, 7) is 7.71. The van der Waals surface area contributed by atoms with Crippen LogP contribution in [0, 0.1) is 6.92 Å². The fraction of sp³-hybridized carbons (Fsp3) is 0.381. The van der Waals surface area contributed by atoms with Gasteiger partial charge in [-0.05, 0) is 57.5 Å². The van der Waals surface area contributed by atoms with E-state index < -0.39 is 16.1 Å². The van der Waals surface area contributed by atoms with Gasteiger partial charge in [0, 0.05) is 6.54 Å². The quantitative estimate of drug-likeness (QED) is 0.733. The van der Waals surface area contributed by atoms with E-state index in [1.807, 2.05) is 57.2 Å². The highest BCUT2D eigenvalue weighted by Gasteiger charge is 2.28. The van der Waals surface area contributed by atoms with Crippen LogP contribution in [-0.4, -0.2) is 32.7 Å². The van der Waals surface area contributed by atoms with Crippen molar-refractivity contribution in [2.75, 3.05) is 10.6 Å². The zero-order chi connectivity index (χ0) is 20.9. The number of hydrogen-bond acceptors (Lipinski definition) is 4. The first kappa shape index (κ1) is 21.8. The minimum atomic E-state index is -3.62. The molecule has 0 aromatic heterocycles. The van der Waals surface area contributed by atoms with Crippen molar-refractivity contribution in [1.29, 1.82) is 0 Å². The number of hydrogen-bond donors (Lipinski definition) is 1. The third-order valence-corrected chi connectivity index (χ3v) is 5.38. The van der Waals surface area contributed by atoms with Gasteiger partial charge in [0.05, 0.1) is 18.0 Å². The summed E-state index contributed by atoms with van der Waals surface area (Å²) in [4.78, 5) is 12.6. The topological polar surface area (TPSA) is 75.7 Å². The fourth-order valence-corrected chi connectivity index (χ4v) is 3.97. The Kier molecular flexibility index (Phi) is 7.07. The highest BCUT2D eigenvalue weighted by molar-refractivity contribution is 7.92. The van der Waals surface area contributed by atoms with E-state index in [4.69, 9.17) is 4.74 Å². The smallest absolute Gasteiger partial charge is 0.243 e. The molecule has 2 aromatic carbocycles. The van der Waals surface area contributed by atoms with E-state index in [-0.39, 0.29) is 12.0 Å². The summed E-state index contributed by atoms with van der Waals surface area (Å²) in [5.41, 5.74) is 2.38.